The topological polar surface area (TPSA) is 55.1 Å². The Morgan fingerprint density at radius 1 is 1.47 bits per heavy atom. The number of nitrogens with two attached hydrogens (primary N) is 1. The van der Waals surface area contributed by atoms with Crippen LogP contribution in [0.3, 0.4) is 0 Å². The first kappa shape index (κ1) is 10.9. The molecule has 3 heteroatoms. The second kappa shape index (κ2) is 4.52. The summed E-state index contributed by atoms with van der Waals surface area (Å²) in [5.74, 6) is 2.09. The van der Waals surface area contributed by atoms with Gasteiger partial charge in [0, 0.05) is 12.0 Å². The molecule has 0 saturated heterocycles. The van der Waals surface area contributed by atoms with Crippen molar-refractivity contribution in [2.75, 3.05) is 6.54 Å². The highest BCUT2D eigenvalue weighted by atomic mass is 16.2. The Morgan fingerprint density at radius 2 is 2.13 bits per heavy atom. The normalized spacial score (nSPS) is 34.7. The molecular weight excluding hydrogens is 188 g/mol. The smallest absolute Gasteiger partial charge is 0.223 e. The van der Waals surface area contributed by atoms with Crippen molar-refractivity contribution in [3.8, 4) is 0 Å². The summed E-state index contributed by atoms with van der Waals surface area (Å²) in [6, 6.07) is 0.295. The number of hydrogen-bond acceptors (Lipinski definition) is 2. The van der Waals surface area contributed by atoms with E-state index in [9.17, 15) is 4.79 Å². The predicted molar refractivity (Wildman–Crippen MR) is 60.2 cm³/mol. The lowest BCUT2D eigenvalue weighted by Gasteiger charge is -2.16. The molecule has 1 amide bonds. The van der Waals surface area contributed by atoms with Crippen LogP contribution < -0.4 is 11.1 Å². The molecule has 2 saturated carbocycles. The lowest BCUT2D eigenvalue weighted by atomic mass is 10.1. The third kappa shape index (κ3) is 2.17. The molecule has 15 heavy (non-hydrogen) atoms. The summed E-state index contributed by atoms with van der Waals surface area (Å²) >= 11 is 0. The molecule has 2 aliphatic carbocycles. The van der Waals surface area contributed by atoms with Crippen molar-refractivity contribution in [3.05, 3.63) is 0 Å². The first-order valence-corrected chi connectivity index (χ1v) is 6.28. The summed E-state index contributed by atoms with van der Waals surface area (Å²) in [6.07, 6.45) is 5.78. The first-order valence-electron chi connectivity index (χ1n) is 6.28. The molecule has 0 aliphatic heterocycles. The standard InChI is InChI=1S/C12H22N2O/c1-2-8(6-7-13)14-12(15)11-9-4-3-5-10(9)11/h8-11H,2-7,13H2,1H3,(H,14,15). The second-order valence-corrected chi connectivity index (χ2v) is 4.98. The second-order valence-electron chi connectivity index (χ2n) is 4.98. The summed E-state index contributed by atoms with van der Waals surface area (Å²) in [7, 11) is 0. The molecular formula is C12H22N2O. The molecule has 2 rings (SSSR count). The molecule has 0 heterocycles. The van der Waals surface area contributed by atoms with Gasteiger partial charge in [0.1, 0.15) is 0 Å². The number of hydrogen-bond donors (Lipinski definition) is 2. The van der Waals surface area contributed by atoms with Gasteiger partial charge < -0.3 is 11.1 Å². The zero-order chi connectivity index (χ0) is 10.8. The van der Waals surface area contributed by atoms with E-state index in [0.717, 1.165) is 24.7 Å². The quantitative estimate of drug-likeness (QED) is 0.718. The van der Waals surface area contributed by atoms with Gasteiger partial charge in [-0.3, -0.25) is 4.79 Å². The fraction of sp³-hybridized carbons (Fsp3) is 0.917. The van der Waals surface area contributed by atoms with E-state index in [1.165, 1.54) is 19.3 Å². The third-order valence-electron chi connectivity index (χ3n) is 4.06. The summed E-state index contributed by atoms with van der Waals surface area (Å²) in [6.45, 7) is 2.77. The van der Waals surface area contributed by atoms with Crippen molar-refractivity contribution in [2.45, 2.75) is 45.1 Å². The Balaban J connectivity index is 1.77. The van der Waals surface area contributed by atoms with Crippen LogP contribution in [0.4, 0.5) is 0 Å². The fourth-order valence-corrected chi connectivity index (χ4v) is 3.09. The number of carbonyl (C=O) groups is 1. The Morgan fingerprint density at radius 3 is 2.67 bits per heavy atom. The fourth-order valence-electron chi connectivity index (χ4n) is 3.09. The van der Waals surface area contributed by atoms with Crippen molar-refractivity contribution < 1.29 is 4.79 Å². The van der Waals surface area contributed by atoms with Crippen LogP contribution >= 0.6 is 0 Å². The van der Waals surface area contributed by atoms with Gasteiger partial charge in [0.25, 0.3) is 0 Å². The summed E-state index contributed by atoms with van der Waals surface area (Å²) in [5, 5.41) is 3.14. The largest absolute Gasteiger partial charge is 0.353 e. The minimum atomic E-state index is 0.295. The van der Waals surface area contributed by atoms with E-state index >= 15 is 0 Å². The van der Waals surface area contributed by atoms with Gasteiger partial charge in [0.05, 0.1) is 0 Å². The number of carbonyl (C=O) groups excluding carboxylic acids is 1. The molecule has 0 spiro atoms. The maximum Gasteiger partial charge on any atom is 0.223 e. The van der Waals surface area contributed by atoms with Crippen LogP contribution in [0.1, 0.15) is 39.0 Å². The van der Waals surface area contributed by atoms with E-state index in [-0.39, 0.29) is 0 Å². The zero-order valence-electron chi connectivity index (χ0n) is 9.54. The lowest BCUT2D eigenvalue weighted by molar-refractivity contribution is -0.123. The highest BCUT2D eigenvalue weighted by Gasteiger charge is 2.56. The molecule has 2 aliphatic rings. The van der Waals surface area contributed by atoms with E-state index in [4.69, 9.17) is 5.73 Å². The Bertz CT molecular complexity index is 232. The molecule has 0 aromatic rings. The van der Waals surface area contributed by atoms with Crippen molar-refractivity contribution in [3.63, 3.8) is 0 Å². The van der Waals surface area contributed by atoms with Crippen LogP contribution in [0.15, 0.2) is 0 Å². The van der Waals surface area contributed by atoms with Crippen molar-refractivity contribution in [2.24, 2.45) is 23.5 Å². The van der Waals surface area contributed by atoms with Crippen LogP contribution in [0, 0.1) is 17.8 Å². The maximum atomic E-state index is 11.9. The molecule has 0 aromatic heterocycles. The maximum absolute atomic E-state index is 11.9. The molecule has 3 nitrogen and oxygen atoms in total. The highest BCUT2D eigenvalue weighted by Crippen LogP contribution is 2.57. The molecule has 2 fully saturated rings. The highest BCUT2D eigenvalue weighted by molar-refractivity contribution is 5.82. The average Bonchev–Trinajstić information content (AvgIpc) is 2.72. The van der Waals surface area contributed by atoms with Gasteiger partial charge in [-0.15, -0.1) is 0 Å². The van der Waals surface area contributed by atoms with Gasteiger partial charge in [-0.1, -0.05) is 13.3 Å². The SMILES string of the molecule is CCC(CCN)NC(=O)C1C2CCCC21. The summed E-state index contributed by atoms with van der Waals surface area (Å²) in [4.78, 5) is 11.9. The van der Waals surface area contributed by atoms with Crippen LogP contribution in [-0.2, 0) is 4.79 Å². The average molecular weight is 210 g/mol. The lowest BCUT2D eigenvalue weighted by Crippen LogP contribution is -2.37. The number of nitrogens with one attached hydrogen (secondary N) is 1. The molecule has 0 radical (unpaired) electrons. The van der Waals surface area contributed by atoms with Gasteiger partial charge in [-0.25, -0.2) is 0 Å². The van der Waals surface area contributed by atoms with Crippen LogP contribution in [0.2, 0.25) is 0 Å². The Hall–Kier alpha value is -0.570. The monoisotopic (exact) mass is 210 g/mol. The number of fused-ring (bicyclic) bond motifs is 1. The third-order valence-corrected chi connectivity index (χ3v) is 4.06. The molecule has 86 valence electrons. The van der Waals surface area contributed by atoms with Crippen LogP contribution in [-0.4, -0.2) is 18.5 Å². The number of amides is 1. The zero-order valence-corrected chi connectivity index (χ0v) is 9.54. The van der Waals surface area contributed by atoms with Crippen LogP contribution in [0.5, 0.6) is 0 Å². The molecule has 0 aromatic carbocycles. The van der Waals surface area contributed by atoms with E-state index in [2.05, 4.69) is 12.2 Å². The van der Waals surface area contributed by atoms with Gasteiger partial charge in [0.2, 0.25) is 5.91 Å². The molecule has 3 atom stereocenters. The molecule has 3 unspecified atom stereocenters. The Kier molecular flexibility index (Phi) is 3.29. The van der Waals surface area contributed by atoms with E-state index in [1.54, 1.807) is 0 Å². The first-order chi connectivity index (χ1) is 7.27. The van der Waals surface area contributed by atoms with E-state index in [0.29, 0.717) is 24.4 Å². The summed E-state index contributed by atoms with van der Waals surface area (Å²) in [5.41, 5.74) is 5.51. The van der Waals surface area contributed by atoms with E-state index in [1.807, 2.05) is 0 Å². The Labute approximate surface area is 91.8 Å². The van der Waals surface area contributed by atoms with Gasteiger partial charge in [0.15, 0.2) is 0 Å². The van der Waals surface area contributed by atoms with Gasteiger partial charge >= 0.3 is 0 Å². The predicted octanol–water partition coefficient (Wildman–Crippen LogP) is 1.28. The molecule has 0 bridgehead atoms. The minimum absolute atomic E-state index is 0.295. The van der Waals surface area contributed by atoms with Gasteiger partial charge in [-0.2, -0.15) is 0 Å². The van der Waals surface area contributed by atoms with Crippen LogP contribution in [0.25, 0.3) is 0 Å². The van der Waals surface area contributed by atoms with Gasteiger partial charge in [-0.05, 0) is 44.1 Å². The van der Waals surface area contributed by atoms with Crippen molar-refractivity contribution in [1.29, 1.82) is 0 Å². The van der Waals surface area contributed by atoms with E-state index < -0.39 is 0 Å². The minimum Gasteiger partial charge on any atom is -0.353 e. The van der Waals surface area contributed by atoms with Crippen molar-refractivity contribution in [1.82, 2.24) is 5.32 Å². The van der Waals surface area contributed by atoms with Crippen molar-refractivity contribution >= 4 is 5.91 Å². The number of rotatable bonds is 5. The summed E-state index contributed by atoms with van der Waals surface area (Å²) < 4.78 is 0. The molecule has 3 N–H and O–H groups in total.